The van der Waals surface area contributed by atoms with Crippen LogP contribution in [0.4, 0.5) is 10.7 Å². The maximum atomic E-state index is 12.1. The van der Waals surface area contributed by atoms with Crippen LogP contribution in [0.1, 0.15) is 20.3 Å². The minimum atomic E-state index is -0.779. The fraction of sp³-hybridized carbons (Fsp3) is 0.625. The third-order valence-corrected chi connectivity index (χ3v) is 4.51. The van der Waals surface area contributed by atoms with Crippen LogP contribution in [0.3, 0.4) is 0 Å². The molecule has 24 heavy (non-hydrogen) atoms. The van der Waals surface area contributed by atoms with Gasteiger partial charge in [-0.05, 0) is 32.9 Å². The molecule has 130 valence electrons. The summed E-state index contributed by atoms with van der Waals surface area (Å²) >= 11 is 0. The topological polar surface area (TPSA) is 81.7 Å². The average molecular weight is 332 g/mol. The molecule has 2 fully saturated rings. The Kier molecular flexibility index (Phi) is 4.66. The van der Waals surface area contributed by atoms with E-state index in [0.717, 1.165) is 45.1 Å². The lowest BCUT2D eigenvalue weighted by Crippen LogP contribution is -2.47. The number of carbonyl (C=O) groups excluding carboxylic acids is 2. The molecule has 3 amide bonds. The third-order valence-electron chi connectivity index (χ3n) is 4.51. The number of nitrogens with zero attached hydrogens (tertiary/aromatic N) is 5. The SMILES string of the molecule is CC1(C)NC(=O)N(CCCN2CCN(c3ncccn3)CC2)C1=O. The lowest BCUT2D eigenvalue weighted by molar-refractivity contribution is -0.130. The van der Waals surface area contributed by atoms with E-state index in [1.807, 2.05) is 6.07 Å². The summed E-state index contributed by atoms with van der Waals surface area (Å²) in [4.78, 5) is 38.4. The third kappa shape index (κ3) is 3.48. The van der Waals surface area contributed by atoms with Crippen molar-refractivity contribution in [3.8, 4) is 0 Å². The summed E-state index contributed by atoms with van der Waals surface area (Å²) in [5.74, 6) is 0.636. The van der Waals surface area contributed by atoms with Crippen molar-refractivity contribution in [1.82, 2.24) is 25.1 Å². The van der Waals surface area contributed by atoms with Crippen LogP contribution >= 0.6 is 0 Å². The van der Waals surface area contributed by atoms with Gasteiger partial charge in [0.25, 0.3) is 5.91 Å². The molecule has 2 saturated heterocycles. The van der Waals surface area contributed by atoms with Gasteiger partial charge in [0.15, 0.2) is 0 Å². The molecule has 1 aromatic rings. The zero-order valence-corrected chi connectivity index (χ0v) is 14.2. The number of hydrogen-bond acceptors (Lipinski definition) is 6. The van der Waals surface area contributed by atoms with Gasteiger partial charge in [-0.2, -0.15) is 0 Å². The van der Waals surface area contributed by atoms with Gasteiger partial charge in [-0.1, -0.05) is 0 Å². The van der Waals surface area contributed by atoms with E-state index < -0.39 is 5.54 Å². The maximum absolute atomic E-state index is 12.1. The summed E-state index contributed by atoms with van der Waals surface area (Å²) in [5, 5.41) is 2.71. The van der Waals surface area contributed by atoms with E-state index in [4.69, 9.17) is 0 Å². The summed E-state index contributed by atoms with van der Waals surface area (Å²) in [6, 6.07) is 1.53. The fourth-order valence-corrected chi connectivity index (χ4v) is 3.10. The molecule has 3 heterocycles. The first-order valence-corrected chi connectivity index (χ1v) is 8.36. The number of nitrogens with one attached hydrogen (secondary N) is 1. The second-order valence-electron chi connectivity index (χ2n) is 6.74. The molecule has 1 N–H and O–H groups in total. The van der Waals surface area contributed by atoms with Crippen LogP contribution < -0.4 is 10.2 Å². The molecule has 0 radical (unpaired) electrons. The highest BCUT2D eigenvalue weighted by atomic mass is 16.2. The van der Waals surface area contributed by atoms with Crippen molar-refractivity contribution in [1.29, 1.82) is 0 Å². The number of imide groups is 1. The van der Waals surface area contributed by atoms with Crippen molar-refractivity contribution in [2.75, 3.05) is 44.2 Å². The maximum Gasteiger partial charge on any atom is 0.325 e. The van der Waals surface area contributed by atoms with E-state index in [0.29, 0.717) is 6.54 Å². The number of hydrogen-bond donors (Lipinski definition) is 1. The summed E-state index contributed by atoms with van der Waals surface area (Å²) in [7, 11) is 0. The molecule has 3 rings (SSSR count). The lowest BCUT2D eigenvalue weighted by Gasteiger charge is -2.34. The predicted octanol–water partition coefficient (Wildman–Crippen LogP) is 0.319. The Morgan fingerprint density at radius 2 is 1.75 bits per heavy atom. The van der Waals surface area contributed by atoms with Gasteiger partial charge in [0, 0.05) is 45.1 Å². The Hall–Kier alpha value is -2.22. The largest absolute Gasteiger partial charge is 0.338 e. The summed E-state index contributed by atoms with van der Waals surface area (Å²) in [6.45, 7) is 8.46. The average Bonchev–Trinajstić information content (AvgIpc) is 2.78. The summed E-state index contributed by atoms with van der Waals surface area (Å²) in [5.41, 5.74) is -0.779. The molecule has 0 aliphatic carbocycles. The van der Waals surface area contributed by atoms with Crippen molar-refractivity contribution in [2.24, 2.45) is 0 Å². The molecule has 0 bridgehead atoms. The number of urea groups is 1. The highest BCUT2D eigenvalue weighted by Gasteiger charge is 2.43. The quantitative estimate of drug-likeness (QED) is 0.782. The van der Waals surface area contributed by atoms with Crippen LogP contribution in [0.15, 0.2) is 18.5 Å². The van der Waals surface area contributed by atoms with E-state index in [2.05, 4.69) is 25.1 Å². The first-order valence-electron chi connectivity index (χ1n) is 8.36. The molecule has 0 atom stereocenters. The standard InChI is InChI=1S/C16H24N6O2/c1-16(2)13(23)22(15(24)19-16)8-4-7-20-9-11-21(12-10-20)14-17-5-3-6-18-14/h3,5-6H,4,7-12H2,1-2H3,(H,19,24). The molecule has 0 unspecified atom stereocenters. The first kappa shape index (κ1) is 16.6. The van der Waals surface area contributed by atoms with Gasteiger partial charge in [-0.15, -0.1) is 0 Å². The number of rotatable bonds is 5. The summed E-state index contributed by atoms with van der Waals surface area (Å²) in [6.07, 6.45) is 4.31. The van der Waals surface area contributed by atoms with Gasteiger partial charge in [0.05, 0.1) is 0 Å². The van der Waals surface area contributed by atoms with E-state index in [1.54, 1.807) is 26.2 Å². The van der Waals surface area contributed by atoms with E-state index in [1.165, 1.54) is 4.90 Å². The fourth-order valence-electron chi connectivity index (χ4n) is 3.10. The highest BCUT2D eigenvalue weighted by Crippen LogP contribution is 2.17. The van der Waals surface area contributed by atoms with Gasteiger partial charge in [-0.25, -0.2) is 14.8 Å². The van der Waals surface area contributed by atoms with Crippen LogP contribution in [0.25, 0.3) is 0 Å². The number of carbonyl (C=O) groups is 2. The molecule has 2 aliphatic rings. The van der Waals surface area contributed by atoms with Crippen LogP contribution in [0.5, 0.6) is 0 Å². The van der Waals surface area contributed by atoms with E-state index in [-0.39, 0.29) is 11.9 Å². The Bertz CT molecular complexity index is 598. The lowest BCUT2D eigenvalue weighted by atomic mass is 10.1. The normalized spacial score (nSPS) is 21.2. The second kappa shape index (κ2) is 6.72. The van der Waals surface area contributed by atoms with Crippen molar-refractivity contribution < 1.29 is 9.59 Å². The van der Waals surface area contributed by atoms with Crippen molar-refractivity contribution >= 4 is 17.9 Å². The van der Waals surface area contributed by atoms with Crippen LogP contribution in [-0.4, -0.2) is 76.5 Å². The molecule has 1 aromatic heterocycles. The van der Waals surface area contributed by atoms with Crippen molar-refractivity contribution in [3.63, 3.8) is 0 Å². The van der Waals surface area contributed by atoms with Gasteiger partial charge in [0.2, 0.25) is 5.95 Å². The first-order chi connectivity index (χ1) is 11.5. The number of amides is 3. The Labute approximate surface area is 141 Å². The Morgan fingerprint density at radius 1 is 1.08 bits per heavy atom. The molecule has 0 aromatic carbocycles. The number of anilines is 1. The number of piperazine rings is 1. The zero-order valence-electron chi connectivity index (χ0n) is 14.2. The minimum absolute atomic E-state index is 0.140. The molecule has 0 saturated carbocycles. The molecule has 8 heteroatoms. The molecule has 8 nitrogen and oxygen atoms in total. The Morgan fingerprint density at radius 3 is 2.33 bits per heavy atom. The van der Waals surface area contributed by atoms with Crippen LogP contribution in [-0.2, 0) is 4.79 Å². The van der Waals surface area contributed by atoms with Crippen molar-refractivity contribution in [2.45, 2.75) is 25.8 Å². The number of aromatic nitrogens is 2. The Balaban J connectivity index is 1.41. The second-order valence-corrected chi connectivity index (χ2v) is 6.74. The van der Waals surface area contributed by atoms with Crippen LogP contribution in [0, 0.1) is 0 Å². The van der Waals surface area contributed by atoms with Gasteiger partial charge in [-0.3, -0.25) is 14.6 Å². The molecule has 2 aliphatic heterocycles. The smallest absolute Gasteiger partial charge is 0.325 e. The highest BCUT2D eigenvalue weighted by molar-refractivity contribution is 6.06. The van der Waals surface area contributed by atoms with E-state index in [9.17, 15) is 9.59 Å². The van der Waals surface area contributed by atoms with Crippen LogP contribution in [0.2, 0.25) is 0 Å². The zero-order chi connectivity index (χ0) is 17.2. The monoisotopic (exact) mass is 332 g/mol. The van der Waals surface area contributed by atoms with Gasteiger partial charge in [0.1, 0.15) is 5.54 Å². The van der Waals surface area contributed by atoms with Gasteiger partial charge < -0.3 is 10.2 Å². The van der Waals surface area contributed by atoms with Crippen molar-refractivity contribution in [3.05, 3.63) is 18.5 Å². The van der Waals surface area contributed by atoms with E-state index >= 15 is 0 Å². The molecular formula is C16H24N6O2. The molecule has 0 spiro atoms. The summed E-state index contributed by atoms with van der Waals surface area (Å²) < 4.78 is 0. The minimum Gasteiger partial charge on any atom is -0.338 e. The van der Waals surface area contributed by atoms with Gasteiger partial charge >= 0.3 is 6.03 Å². The predicted molar refractivity (Wildman–Crippen MR) is 89.6 cm³/mol. The molecular weight excluding hydrogens is 308 g/mol.